The molecule has 1 aliphatic carbocycles. The monoisotopic (exact) mass is 224 g/mol. The van der Waals surface area contributed by atoms with Gasteiger partial charge in [-0.05, 0) is 51.7 Å². The molecule has 0 aromatic carbocycles. The predicted octanol–water partition coefficient (Wildman–Crippen LogP) is 2.64. The Labute approximate surface area is 101 Å². The molecule has 2 unspecified atom stereocenters. The standard InChI is InChI=1S/C14H28N2/c1-3-12-8-10-16(11-9-12)14-7-5-4-6-13(14)15-2/h12-15H,3-11H2,1-2H3. The second kappa shape index (κ2) is 6.02. The third-order valence-corrected chi connectivity index (χ3v) is 4.80. The SMILES string of the molecule is CCC1CCN(C2CCCCC2NC)CC1. The maximum absolute atomic E-state index is 3.53. The first-order valence-corrected chi connectivity index (χ1v) is 7.26. The summed E-state index contributed by atoms with van der Waals surface area (Å²) < 4.78 is 0. The van der Waals surface area contributed by atoms with E-state index < -0.39 is 0 Å². The van der Waals surface area contributed by atoms with Crippen LogP contribution in [0.1, 0.15) is 51.9 Å². The highest BCUT2D eigenvalue weighted by Crippen LogP contribution is 2.28. The fourth-order valence-corrected chi connectivity index (χ4v) is 3.58. The number of hydrogen-bond acceptors (Lipinski definition) is 2. The summed E-state index contributed by atoms with van der Waals surface area (Å²) in [4.78, 5) is 2.77. The van der Waals surface area contributed by atoms with Crippen molar-refractivity contribution in [2.45, 2.75) is 64.0 Å². The lowest BCUT2D eigenvalue weighted by Gasteiger charge is -2.43. The van der Waals surface area contributed by atoms with E-state index in [2.05, 4.69) is 24.2 Å². The Bertz CT molecular complexity index is 197. The number of hydrogen-bond donors (Lipinski definition) is 1. The summed E-state index contributed by atoms with van der Waals surface area (Å²) in [7, 11) is 2.14. The van der Waals surface area contributed by atoms with Crippen molar-refractivity contribution < 1.29 is 0 Å². The topological polar surface area (TPSA) is 15.3 Å². The molecule has 2 atom stereocenters. The minimum Gasteiger partial charge on any atom is -0.315 e. The minimum atomic E-state index is 0.756. The highest BCUT2D eigenvalue weighted by Gasteiger charge is 2.31. The zero-order chi connectivity index (χ0) is 11.4. The molecule has 0 radical (unpaired) electrons. The van der Waals surface area contributed by atoms with E-state index in [-0.39, 0.29) is 0 Å². The maximum atomic E-state index is 3.53. The lowest BCUT2D eigenvalue weighted by Crippen LogP contribution is -2.53. The second-order valence-corrected chi connectivity index (χ2v) is 5.63. The molecule has 2 rings (SSSR count). The maximum Gasteiger partial charge on any atom is 0.0249 e. The van der Waals surface area contributed by atoms with Crippen molar-refractivity contribution in [2.75, 3.05) is 20.1 Å². The number of likely N-dealkylation sites (tertiary alicyclic amines) is 1. The van der Waals surface area contributed by atoms with Crippen molar-refractivity contribution in [3.8, 4) is 0 Å². The molecular formula is C14H28N2. The van der Waals surface area contributed by atoms with E-state index >= 15 is 0 Å². The summed E-state index contributed by atoms with van der Waals surface area (Å²) in [6.45, 7) is 5.04. The number of nitrogens with zero attached hydrogens (tertiary/aromatic N) is 1. The van der Waals surface area contributed by atoms with Crippen LogP contribution in [0.3, 0.4) is 0 Å². The Morgan fingerprint density at radius 2 is 1.75 bits per heavy atom. The highest BCUT2D eigenvalue weighted by atomic mass is 15.2. The summed E-state index contributed by atoms with van der Waals surface area (Å²) in [5.74, 6) is 1.01. The lowest BCUT2D eigenvalue weighted by atomic mass is 9.86. The fourth-order valence-electron chi connectivity index (χ4n) is 3.58. The summed E-state index contributed by atoms with van der Waals surface area (Å²) in [6, 6.07) is 1.59. The zero-order valence-electron chi connectivity index (χ0n) is 11.0. The van der Waals surface area contributed by atoms with Crippen LogP contribution in [-0.4, -0.2) is 37.1 Å². The normalized spacial score (nSPS) is 34.1. The van der Waals surface area contributed by atoms with Crippen molar-refractivity contribution in [3.63, 3.8) is 0 Å². The van der Waals surface area contributed by atoms with Crippen LogP contribution in [0.5, 0.6) is 0 Å². The Kier molecular flexibility index (Phi) is 4.66. The molecule has 94 valence electrons. The molecule has 2 fully saturated rings. The van der Waals surface area contributed by atoms with Crippen molar-refractivity contribution in [3.05, 3.63) is 0 Å². The Hall–Kier alpha value is -0.0800. The number of likely N-dealkylation sites (N-methyl/N-ethyl adjacent to an activating group) is 1. The first kappa shape index (κ1) is 12.4. The van der Waals surface area contributed by atoms with E-state index in [1.165, 1.54) is 58.0 Å². The first-order valence-electron chi connectivity index (χ1n) is 7.26. The quantitative estimate of drug-likeness (QED) is 0.793. The van der Waals surface area contributed by atoms with E-state index in [0.29, 0.717) is 0 Å². The molecule has 0 spiro atoms. The molecule has 1 N–H and O–H groups in total. The van der Waals surface area contributed by atoms with E-state index in [1.54, 1.807) is 0 Å². The Morgan fingerprint density at radius 3 is 2.38 bits per heavy atom. The predicted molar refractivity (Wildman–Crippen MR) is 69.7 cm³/mol. The van der Waals surface area contributed by atoms with Crippen LogP contribution in [0, 0.1) is 5.92 Å². The number of piperidine rings is 1. The lowest BCUT2D eigenvalue weighted by molar-refractivity contribution is 0.0843. The first-order chi connectivity index (χ1) is 7.85. The van der Waals surface area contributed by atoms with Gasteiger partial charge in [0.15, 0.2) is 0 Å². The van der Waals surface area contributed by atoms with Crippen LogP contribution in [0.2, 0.25) is 0 Å². The van der Waals surface area contributed by atoms with Gasteiger partial charge in [0.2, 0.25) is 0 Å². The zero-order valence-corrected chi connectivity index (χ0v) is 11.0. The Morgan fingerprint density at radius 1 is 1.06 bits per heavy atom. The molecule has 0 bridgehead atoms. The molecular weight excluding hydrogens is 196 g/mol. The summed E-state index contributed by atoms with van der Waals surface area (Å²) in [6.07, 6.45) is 9.92. The van der Waals surface area contributed by atoms with Crippen molar-refractivity contribution in [1.82, 2.24) is 10.2 Å². The molecule has 1 heterocycles. The van der Waals surface area contributed by atoms with Gasteiger partial charge < -0.3 is 5.32 Å². The third kappa shape index (κ3) is 2.78. The molecule has 1 saturated carbocycles. The van der Waals surface area contributed by atoms with Crippen molar-refractivity contribution >= 4 is 0 Å². The van der Waals surface area contributed by atoms with Gasteiger partial charge in [0, 0.05) is 12.1 Å². The average molecular weight is 224 g/mol. The number of nitrogens with one attached hydrogen (secondary N) is 1. The van der Waals surface area contributed by atoms with Gasteiger partial charge in [-0.2, -0.15) is 0 Å². The van der Waals surface area contributed by atoms with E-state index in [0.717, 1.165) is 18.0 Å². The van der Waals surface area contributed by atoms with Crippen molar-refractivity contribution in [1.29, 1.82) is 0 Å². The van der Waals surface area contributed by atoms with Crippen LogP contribution in [0.4, 0.5) is 0 Å². The second-order valence-electron chi connectivity index (χ2n) is 5.63. The molecule has 0 aromatic rings. The fraction of sp³-hybridized carbons (Fsp3) is 1.00. The average Bonchev–Trinajstić information content (AvgIpc) is 2.39. The molecule has 0 amide bonds. The van der Waals surface area contributed by atoms with Crippen LogP contribution >= 0.6 is 0 Å². The van der Waals surface area contributed by atoms with E-state index in [9.17, 15) is 0 Å². The van der Waals surface area contributed by atoms with Crippen molar-refractivity contribution in [2.24, 2.45) is 5.92 Å². The van der Waals surface area contributed by atoms with Gasteiger partial charge in [-0.3, -0.25) is 4.90 Å². The van der Waals surface area contributed by atoms with Gasteiger partial charge in [-0.25, -0.2) is 0 Å². The number of rotatable bonds is 3. The summed E-state index contributed by atoms with van der Waals surface area (Å²) in [5, 5.41) is 3.53. The molecule has 2 aliphatic rings. The molecule has 16 heavy (non-hydrogen) atoms. The third-order valence-electron chi connectivity index (χ3n) is 4.80. The molecule has 1 aliphatic heterocycles. The Balaban J connectivity index is 1.86. The molecule has 1 saturated heterocycles. The van der Waals surface area contributed by atoms with Gasteiger partial charge in [0.1, 0.15) is 0 Å². The van der Waals surface area contributed by atoms with E-state index in [4.69, 9.17) is 0 Å². The molecule has 0 aromatic heterocycles. The minimum absolute atomic E-state index is 0.756. The van der Waals surface area contributed by atoms with Gasteiger partial charge >= 0.3 is 0 Å². The van der Waals surface area contributed by atoms with Gasteiger partial charge in [-0.1, -0.05) is 26.2 Å². The van der Waals surface area contributed by atoms with Crippen LogP contribution in [-0.2, 0) is 0 Å². The molecule has 2 nitrogen and oxygen atoms in total. The van der Waals surface area contributed by atoms with Gasteiger partial charge in [0.05, 0.1) is 0 Å². The van der Waals surface area contributed by atoms with Gasteiger partial charge in [-0.15, -0.1) is 0 Å². The summed E-state index contributed by atoms with van der Waals surface area (Å²) >= 11 is 0. The molecule has 2 heteroatoms. The van der Waals surface area contributed by atoms with E-state index in [1.807, 2.05) is 0 Å². The largest absolute Gasteiger partial charge is 0.315 e. The smallest absolute Gasteiger partial charge is 0.0249 e. The van der Waals surface area contributed by atoms with Crippen LogP contribution in [0.25, 0.3) is 0 Å². The van der Waals surface area contributed by atoms with Crippen LogP contribution in [0.15, 0.2) is 0 Å². The summed E-state index contributed by atoms with van der Waals surface area (Å²) in [5.41, 5.74) is 0. The highest BCUT2D eigenvalue weighted by molar-refractivity contribution is 4.89. The van der Waals surface area contributed by atoms with Crippen LogP contribution < -0.4 is 5.32 Å². The van der Waals surface area contributed by atoms with Gasteiger partial charge in [0.25, 0.3) is 0 Å².